The molecule has 0 bridgehead atoms. The highest BCUT2D eigenvalue weighted by molar-refractivity contribution is 8.00. The minimum atomic E-state index is -0.480. The Morgan fingerprint density at radius 1 is 0.941 bits per heavy atom. The second-order valence-electron chi connectivity index (χ2n) is 11.9. The third-order valence-electron chi connectivity index (χ3n) is 8.55. The summed E-state index contributed by atoms with van der Waals surface area (Å²) in [7, 11) is 1.36. The van der Waals surface area contributed by atoms with E-state index in [1.807, 2.05) is 54.8 Å². The highest BCUT2D eigenvalue weighted by Gasteiger charge is 2.31. The third kappa shape index (κ3) is 8.86. The number of rotatable bonds is 12. The molecule has 2 unspecified atom stereocenters. The monoisotopic (exact) mass is 735 g/mol. The normalized spacial score (nSPS) is 14.5. The Bertz CT molecular complexity index is 2040. The maximum atomic E-state index is 13.7. The molecule has 1 aliphatic carbocycles. The summed E-state index contributed by atoms with van der Waals surface area (Å²) in [6, 6.07) is 30.1. The van der Waals surface area contributed by atoms with Gasteiger partial charge in [-0.2, -0.15) is 0 Å². The van der Waals surface area contributed by atoms with Gasteiger partial charge in [0.05, 0.1) is 17.9 Å². The lowest BCUT2D eigenvalue weighted by atomic mass is 9.83. The summed E-state index contributed by atoms with van der Waals surface area (Å²) in [5, 5.41) is 10.7. The van der Waals surface area contributed by atoms with Gasteiger partial charge < -0.3 is 20.7 Å². The first-order chi connectivity index (χ1) is 24.8. The number of anilines is 2. The number of amides is 3. The zero-order valence-electron chi connectivity index (χ0n) is 28.1. The van der Waals surface area contributed by atoms with Crippen molar-refractivity contribution in [1.82, 2.24) is 5.32 Å². The van der Waals surface area contributed by atoms with Crippen molar-refractivity contribution in [3.8, 4) is 0 Å². The van der Waals surface area contributed by atoms with Crippen molar-refractivity contribution >= 4 is 74.9 Å². The highest BCUT2D eigenvalue weighted by atomic mass is 32.2. The molecule has 3 aromatic carbocycles. The van der Waals surface area contributed by atoms with Gasteiger partial charge in [0, 0.05) is 25.9 Å². The molecule has 0 fully saturated rings. The van der Waals surface area contributed by atoms with Gasteiger partial charge in [-0.1, -0.05) is 67.6 Å². The third-order valence-corrected chi connectivity index (χ3v) is 11.9. The molecular weight excluding hydrogens is 699 g/mol. The van der Waals surface area contributed by atoms with E-state index in [1.54, 1.807) is 48.5 Å². The van der Waals surface area contributed by atoms with Crippen LogP contribution < -0.4 is 16.0 Å². The second-order valence-corrected chi connectivity index (χ2v) is 15.3. The van der Waals surface area contributed by atoms with Gasteiger partial charge in [-0.05, 0) is 90.6 Å². The lowest BCUT2D eigenvalue weighted by Crippen LogP contribution is -2.30. The zero-order chi connectivity index (χ0) is 35.7. The fourth-order valence-electron chi connectivity index (χ4n) is 5.98. The molecule has 2 heterocycles. The summed E-state index contributed by atoms with van der Waals surface area (Å²) in [5.41, 5.74) is 3.74. The van der Waals surface area contributed by atoms with Crippen molar-refractivity contribution in [2.24, 2.45) is 0 Å². The van der Waals surface area contributed by atoms with Crippen LogP contribution >= 0.6 is 34.4 Å². The highest BCUT2D eigenvalue weighted by Crippen LogP contribution is 2.43. The van der Waals surface area contributed by atoms with E-state index in [4.69, 9.17) is 4.74 Å². The van der Waals surface area contributed by atoms with E-state index in [0.29, 0.717) is 34.2 Å². The van der Waals surface area contributed by atoms with Crippen LogP contribution in [0.2, 0.25) is 0 Å². The van der Waals surface area contributed by atoms with E-state index in [0.717, 1.165) is 39.5 Å². The van der Waals surface area contributed by atoms with Gasteiger partial charge in [-0.3, -0.25) is 14.4 Å². The number of hydrogen-bond acceptors (Lipinski definition) is 8. The molecule has 3 amide bonds. The molecule has 8 nitrogen and oxygen atoms in total. The van der Waals surface area contributed by atoms with Crippen LogP contribution in [0.1, 0.15) is 67.3 Å². The first-order valence-corrected chi connectivity index (χ1v) is 19.2. The number of fused-ring (bicyclic) bond motifs is 1. The smallest absolute Gasteiger partial charge is 0.341 e. The molecule has 11 heteroatoms. The van der Waals surface area contributed by atoms with Crippen LogP contribution in [0.15, 0.2) is 113 Å². The number of thioether (sulfide) groups is 1. The van der Waals surface area contributed by atoms with Crippen LogP contribution in [-0.2, 0) is 27.2 Å². The molecule has 0 saturated carbocycles. The number of thiophene rings is 2. The number of carbonyl (C=O) groups is 4. The molecule has 0 radical (unpaired) electrons. The summed E-state index contributed by atoms with van der Waals surface area (Å²) in [5.74, 6) is -1.19. The molecule has 5 aromatic rings. The molecule has 0 saturated heterocycles. The Morgan fingerprint density at radius 2 is 1.71 bits per heavy atom. The maximum Gasteiger partial charge on any atom is 0.341 e. The van der Waals surface area contributed by atoms with Crippen molar-refractivity contribution in [1.29, 1.82) is 0 Å². The van der Waals surface area contributed by atoms with Gasteiger partial charge in [0.25, 0.3) is 11.8 Å². The van der Waals surface area contributed by atoms with Crippen LogP contribution in [-0.4, -0.2) is 36.1 Å². The van der Waals surface area contributed by atoms with Gasteiger partial charge in [0.15, 0.2) is 0 Å². The molecule has 260 valence electrons. The summed E-state index contributed by atoms with van der Waals surface area (Å²) in [4.78, 5) is 55.9. The average molecular weight is 736 g/mol. The Morgan fingerprint density at radius 3 is 2.41 bits per heavy atom. The molecule has 2 atom stereocenters. The zero-order valence-corrected chi connectivity index (χ0v) is 30.6. The molecule has 6 rings (SSSR count). The van der Waals surface area contributed by atoms with Crippen LogP contribution in [0.25, 0.3) is 6.08 Å². The minimum absolute atomic E-state index is 0.102. The fourth-order valence-corrected chi connectivity index (χ4v) is 8.97. The Labute approximate surface area is 309 Å². The number of carbonyl (C=O) groups excluding carboxylic acids is 4. The first kappa shape index (κ1) is 35.8. The molecule has 0 aliphatic heterocycles. The van der Waals surface area contributed by atoms with Crippen LogP contribution in [0, 0.1) is 0 Å². The van der Waals surface area contributed by atoms with Gasteiger partial charge in [-0.25, -0.2) is 4.79 Å². The van der Waals surface area contributed by atoms with E-state index in [2.05, 4.69) is 28.1 Å². The molecule has 51 heavy (non-hydrogen) atoms. The SMILES string of the molecule is CCC(Sc1cccc(NC(=O)/C(=C/c2cccs2)NC(=O)c2ccccc2)c1)C(=O)Nc1sc2c(c1C(=O)OC)CCC(c1ccccc1)C2. The van der Waals surface area contributed by atoms with Crippen LogP contribution in [0.5, 0.6) is 0 Å². The van der Waals surface area contributed by atoms with E-state index >= 15 is 0 Å². The first-order valence-electron chi connectivity index (χ1n) is 16.6. The Balaban J connectivity index is 1.15. The van der Waals surface area contributed by atoms with Crippen molar-refractivity contribution in [3.63, 3.8) is 0 Å². The topological polar surface area (TPSA) is 114 Å². The summed E-state index contributed by atoms with van der Waals surface area (Å²) in [6.45, 7) is 1.94. The van der Waals surface area contributed by atoms with Crippen molar-refractivity contribution < 1.29 is 23.9 Å². The summed E-state index contributed by atoms with van der Waals surface area (Å²) in [6.07, 6.45) is 4.62. The fraction of sp³-hybridized carbons (Fsp3) is 0.200. The lowest BCUT2D eigenvalue weighted by molar-refractivity contribution is -0.116. The predicted octanol–water partition coefficient (Wildman–Crippen LogP) is 8.79. The average Bonchev–Trinajstić information content (AvgIpc) is 3.81. The van der Waals surface area contributed by atoms with E-state index < -0.39 is 23.0 Å². The number of esters is 1. The van der Waals surface area contributed by atoms with Gasteiger partial charge in [0.1, 0.15) is 10.7 Å². The quantitative estimate of drug-likeness (QED) is 0.0671. The Hall–Kier alpha value is -4.97. The van der Waals surface area contributed by atoms with Gasteiger partial charge in [-0.15, -0.1) is 34.4 Å². The van der Waals surface area contributed by atoms with Gasteiger partial charge in [0.2, 0.25) is 5.91 Å². The minimum Gasteiger partial charge on any atom is -0.465 e. The molecular formula is C40H37N3O5S3. The van der Waals surface area contributed by atoms with Crippen molar-refractivity contribution in [2.75, 3.05) is 17.7 Å². The largest absolute Gasteiger partial charge is 0.465 e. The molecule has 3 N–H and O–H groups in total. The standard InChI is InChI=1S/C40H37N3O5S3/c1-3-33(38(46)43-39-35(40(47)48-2)31-20-19-27(22-34(31)51-39)25-12-6-4-7-13-25)50-30-17-10-16-28(23-30)41-37(45)32(24-29-18-11-21-49-29)42-36(44)26-14-8-5-9-15-26/h4-18,21,23-24,27,33H,3,19-20,22H2,1-2H3,(H,41,45)(H,42,44)(H,43,46)/b32-24-. The number of ether oxygens (including phenoxy) is 1. The van der Waals surface area contributed by atoms with Gasteiger partial charge >= 0.3 is 5.97 Å². The van der Waals surface area contributed by atoms with E-state index in [-0.39, 0.29) is 11.6 Å². The molecule has 1 aliphatic rings. The van der Waals surface area contributed by atoms with E-state index in [9.17, 15) is 19.2 Å². The molecule has 0 spiro atoms. The lowest BCUT2D eigenvalue weighted by Gasteiger charge is -2.22. The summed E-state index contributed by atoms with van der Waals surface area (Å²) >= 11 is 4.28. The number of nitrogens with one attached hydrogen (secondary N) is 3. The van der Waals surface area contributed by atoms with Crippen LogP contribution in [0.3, 0.4) is 0 Å². The maximum absolute atomic E-state index is 13.7. The second kappa shape index (κ2) is 16.8. The van der Waals surface area contributed by atoms with E-state index in [1.165, 1.54) is 47.1 Å². The summed E-state index contributed by atoms with van der Waals surface area (Å²) < 4.78 is 5.16. The number of methoxy groups -OCH3 is 1. The molecule has 2 aromatic heterocycles. The Kier molecular flexibility index (Phi) is 11.8. The number of hydrogen-bond donors (Lipinski definition) is 3. The predicted molar refractivity (Wildman–Crippen MR) is 207 cm³/mol. The van der Waals surface area contributed by atoms with Crippen molar-refractivity contribution in [2.45, 2.75) is 48.7 Å². The number of benzene rings is 3. The van der Waals surface area contributed by atoms with Crippen molar-refractivity contribution in [3.05, 3.63) is 140 Å². The van der Waals surface area contributed by atoms with Crippen LogP contribution in [0.4, 0.5) is 10.7 Å².